The van der Waals surface area contributed by atoms with E-state index in [1.165, 1.54) is 0 Å². The van der Waals surface area contributed by atoms with Crippen LogP contribution in [-0.2, 0) is 46.4 Å². The number of benzene rings is 2. The number of hydrazone groups is 1. The molecular weight excluding hydrogens is 843 g/mol. The van der Waals surface area contributed by atoms with Crippen molar-refractivity contribution in [1.29, 1.82) is 0 Å². The number of amides is 5. The molecule has 0 fully saturated rings. The van der Waals surface area contributed by atoms with Gasteiger partial charge >= 0.3 is 6.03 Å². The number of nitrogens with zero attached hydrogens (tertiary/aromatic N) is 5. The molecule has 2 aromatic heterocycles. The zero-order valence-electron chi connectivity index (χ0n) is 38.1. The van der Waals surface area contributed by atoms with Gasteiger partial charge in [0.1, 0.15) is 0 Å². The van der Waals surface area contributed by atoms with Crippen LogP contribution < -0.4 is 21.7 Å². The molecule has 0 aliphatic carbocycles. The van der Waals surface area contributed by atoms with Gasteiger partial charge in [0, 0.05) is 82.3 Å². The first-order chi connectivity index (χ1) is 32.3. The lowest BCUT2D eigenvalue weighted by Gasteiger charge is -2.30. The van der Waals surface area contributed by atoms with E-state index in [1.807, 2.05) is 60.7 Å². The first-order valence-corrected chi connectivity index (χ1v) is 23.1. The highest BCUT2D eigenvalue weighted by Gasteiger charge is 2.33. The molecule has 2 aromatic carbocycles. The average Bonchev–Trinajstić information content (AvgIpc) is 3.78. The summed E-state index contributed by atoms with van der Waals surface area (Å²) < 4.78 is 21.1. The summed E-state index contributed by atoms with van der Waals surface area (Å²) >= 11 is 0. The van der Waals surface area contributed by atoms with Crippen molar-refractivity contribution in [2.24, 2.45) is 10.8 Å². The third-order valence-electron chi connectivity index (χ3n) is 11.6. The largest absolute Gasteiger partial charge is 0.382 e. The van der Waals surface area contributed by atoms with Gasteiger partial charge in [0.05, 0.1) is 69.4 Å². The Morgan fingerprint density at radius 3 is 2.30 bits per heavy atom. The van der Waals surface area contributed by atoms with Crippen molar-refractivity contribution in [3.05, 3.63) is 102 Å². The van der Waals surface area contributed by atoms with E-state index in [-0.39, 0.29) is 30.2 Å². The van der Waals surface area contributed by atoms with E-state index < -0.39 is 12.0 Å². The summed E-state index contributed by atoms with van der Waals surface area (Å²) in [6, 6.07) is 18.6. The number of nitrogens with one attached hydrogen (secondary N) is 3. The molecule has 2 aliphatic rings. The Morgan fingerprint density at radius 2 is 1.52 bits per heavy atom. The number of rotatable bonds is 28. The van der Waals surface area contributed by atoms with Gasteiger partial charge in [0.25, 0.3) is 5.91 Å². The number of hydrogen-bond donors (Lipinski definition) is 4. The predicted molar refractivity (Wildman–Crippen MR) is 252 cm³/mol. The topological polar surface area (TPSA) is 212 Å². The third kappa shape index (κ3) is 15.4. The standard InChI is InChI=1S/C49H65N9O8/c1-63-26-27-65-30-31-66-29-28-64-25-19-46(59)53-20-6-4-12-43(50)47(60)54-21-5-2-3-7-24-58-48(61)42(40-10-8-13-44-41(40)11-9-22-52-44)32-45(56-58)36-14-16-39(17-15-36)55-49(62)57-34-37-18-23-51-33-38(37)35-57/h8-11,13-18,22-23,33,42-43H,2-7,12,19-21,24-32,34-35,50H2,1H3,(H,53,59)(H,54,60)(H,55,62)/t42?,43-/m0/s1. The summed E-state index contributed by atoms with van der Waals surface area (Å²) in [7, 11) is 1.63. The second kappa shape index (κ2) is 26.9. The Balaban J connectivity index is 0.882. The summed E-state index contributed by atoms with van der Waals surface area (Å²) in [6.45, 7) is 5.78. The Bertz CT molecular complexity index is 2180. The van der Waals surface area contributed by atoms with Gasteiger partial charge in [-0.2, -0.15) is 5.10 Å². The lowest BCUT2D eigenvalue weighted by atomic mass is 9.86. The van der Waals surface area contributed by atoms with Crippen LogP contribution in [0.3, 0.4) is 0 Å². The molecule has 17 nitrogen and oxygen atoms in total. The zero-order valence-corrected chi connectivity index (χ0v) is 38.1. The quantitative estimate of drug-likeness (QED) is 0.0539. The van der Waals surface area contributed by atoms with Gasteiger partial charge in [-0.25, -0.2) is 9.80 Å². The third-order valence-corrected chi connectivity index (χ3v) is 11.6. The smallest absolute Gasteiger partial charge is 0.322 e. The molecule has 5 N–H and O–H groups in total. The molecule has 0 radical (unpaired) electrons. The number of carbonyl (C=O) groups is 4. The number of aromatic nitrogens is 2. The molecule has 2 atom stereocenters. The molecule has 354 valence electrons. The Hall–Kier alpha value is -5.85. The maximum Gasteiger partial charge on any atom is 0.322 e. The fraction of sp³-hybridized carbons (Fsp3) is 0.490. The fourth-order valence-corrected chi connectivity index (χ4v) is 7.89. The number of methoxy groups -OCH3 is 1. The van der Waals surface area contributed by atoms with E-state index in [4.69, 9.17) is 29.8 Å². The SMILES string of the molecule is COCCOCCOCCOCCC(=O)NCCCC[C@H](N)C(=O)NCCCCCCN1N=C(c2ccc(NC(=O)N3Cc4ccncc4C3)cc2)CC(c2cccc3ncccc23)C1=O. The molecule has 4 aromatic rings. The van der Waals surface area contributed by atoms with Gasteiger partial charge in [0.15, 0.2) is 0 Å². The Morgan fingerprint density at radius 1 is 0.788 bits per heavy atom. The lowest BCUT2D eigenvalue weighted by molar-refractivity contribution is -0.133. The molecule has 1 unspecified atom stereocenters. The maximum atomic E-state index is 14.1. The highest BCUT2D eigenvalue weighted by molar-refractivity contribution is 6.07. The van der Waals surface area contributed by atoms with Crippen molar-refractivity contribution in [3.63, 3.8) is 0 Å². The molecule has 2 aliphatic heterocycles. The van der Waals surface area contributed by atoms with E-state index in [2.05, 4.69) is 25.9 Å². The van der Waals surface area contributed by atoms with Gasteiger partial charge in [-0.1, -0.05) is 43.2 Å². The van der Waals surface area contributed by atoms with E-state index in [0.29, 0.717) is 104 Å². The fourth-order valence-electron chi connectivity index (χ4n) is 7.89. The van der Waals surface area contributed by atoms with Crippen LogP contribution in [0.25, 0.3) is 10.9 Å². The van der Waals surface area contributed by atoms with E-state index in [9.17, 15) is 19.2 Å². The Labute approximate surface area is 387 Å². The van der Waals surface area contributed by atoms with Crippen LogP contribution in [0, 0.1) is 0 Å². The normalized spacial score (nSPS) is 15.1. The van der Waals surface area contributed by atoms with Crippen molar-refractivity contribution in [3.8, 4) is 0 Å². The van der Waals surface area contributed by atoms with Gasteiger partial charge < -0.3 is 45.5 Å². The molecule has 0 bridgehead atoms. The van der Waals surface area contributed by atoms with Crippen LogP contribution in [0.4, 0.5) is 10.5 Å². The summed E-state index contributed by atoms with van der Waals surface area (Å²) in [5.74, 6) is -0.760. The number of fused-ring (bicyclic) bond motifs is 2. The molecule has 6 rings (SSSR count). The summed E-state index contributed by atoms with van der Waals surface area (Å²) in [6.07, 6.45) is 11.2. The van der Waals surface area contributed by atoms with Crippen molar-refractivity contribution < 1.29 is 38.1 Å². The van der Waals surface area contributed by atoms with Crippen molar-refractivity contribution >= 4 is 46.1 Å². The minimum Gasteiger partial charge on any atom is -0.382 e. The highest BCUT2D eigenvalue weighted by atomic mass is 16.6. The van der Waals surface area contributed by atoms with Crippen molar-refractivity contribution in [2.45, 2.75) is 82.8 Å². The number of hydrogen-bond acceptors (Lipinski definition) is 12. The highest BCUT2D eigenvalue weighted by Crippen LogP contribution is 2.34. The molecular formula is C49H65N9O8. The second-order valence-electron chi connectivity index (χ2n) is 16.4. The first-order valence-electron chi connectivity index (χ1n) is 23.1. The minimum atomic E-state index is -0.614. The van der Waals surface area contributed by atoms with Crippen LogP contribution in [0.1, 0.15) is 86.0 Å². The minimum absolute atomic E-state index is 0.0521. The van der Waals surface area contributed by atoms with Crippen LogP contribution in [0.15, 0.2) is 84.4 Å². The number of nitrogens with two attached hydrogens (primary N) is 1. The molecule has 0 saturated heterocycles. The molecule has 4 heterocycles. The van der Waals surface area contributed by atoms with E-state index in [0.717, 1.165) is 71.0 Å². The molecule has 17 heteroatoms. The monoisotopic (exact) mass is 907 g/mol. The summed E-state index contributed by atoms with van der Waals surface area (Å²) in [5.41, 5.74) is 12.4. The van der Waals surface area contributed by atoms with Crippen molar-refractivity contribution in [2.75, 3.05) is 78.3 Å². The first kappa shape index (κ1) is 49.6. The number of carbonyl (C=O) groups excluding carboxylic acids is 4. The molecule has 0 saturated carbocycles. The van der Waals surface area contributed by atoms with Gasteiger partial charge in [-0.15, -0.1) is 0 Å². The summed E-state index contributed by atoms with van der Waals surface area (Å²) in [5, 5.41) is 16.3. The number of ether oxygens (including phenoxy) is 4. The summed E-state index contributed by atoms with van der Waals surface area (Å²) in [4.78, 5) is 62.5. The maximum absolute atomic E-state index is 14.1. The van der Waals surface area contributed by atoms with Crippen molar-refractivity contribution in [1.82, 2.24) is 30.5 Å². The van der Waals surface area contributed by atoms with E-state index in [1.54, 1.807) is 35.6 Å². The van der Waals surface area contributed by atoms with Crippen LogP contribution in [0.5, 0.6) is 0 Å². The average molecular weight is 908 g/mol. The van der Waals surface area contributed by atoms with E-state index >= 15 is 0 Å². The van der Waals surface area contributed by atoms with Crippen LogP contribution in [-0.4, -0.2) is 128 Å². The van der Waals surface area contributed by atoms with Crippen LogP contribution in [0.2, 0.25) is 0 Å². The number of pyridine rings is 2. The second-order valence-corrected chi connectivity index (χ2v) is 16.4. The van der Waals surface area contributed by atoms with Gasteiger partial charge in [0.2, 0.25) is 11.8 Å². The van der Waals surface area contributed by atoms with Gasteiger partial charge in [-0.3, -0.25) is 24.4 Å². The predicted octanol–water partition coefficient (Wildman–Crippen LogP) is 5.27. The number of urea groups is 1. The van der Waals surface area contributed by atoms with Gasteiger partial charge in [-0.05, 0) is 84.7 Å². The number of anilines is 1. The zero-order chi connectivity index (χ0) is 46.4. The number of unbranched alkanes of at least 4 members (excludes halogenated alkanes) is 4. The lowest BCUT2D eigenvalue weighted by Crippen LogP contribution is -2.41. The Kier molecular flexibility index (Phi) is 20.2. The van der Waals surface area contributed by atoms with Crippen LogP contribution >= 0.6 is 0 Å². The molecule has 5 amide bonds. The molecule has 66 heavy (non-hydrogen) atoms. The molecule has 0 spiro atoms.